The van der Waals surface area contributed by atoms with Crippen molar-refractivity contribution in [2.24, 2.45) is 5.73 Å². The van der Waals surface area contributed by atoms with Crippen LogP contribution in [0.2, 0.25) is 0 Å². The Morgan fingerprint density at radius 3 is 2.59 bits per heavy atom. The molecule has 17 heavy (non-hydrogen) atoms. The molecule has 1 aliphatic heterocycles. The van der Waals surface area contributed by atoms with E-state index in [1.165, 1.54) is 0 Å². The smallest absolute Gasteiger partial charge is 0.239 e. The van der Waals surface area contributed by atoms with Gasteiger partial charge in [0.15, 0.2) is 0 Å². The topological polar surface area (TPSA) is 79.0 Å². The summed E-state index contributed by atoms with van der Waals surface area (Å²) < 4.78 is 4.91. The van der Waals surface area contributed by atoms with Gasteiger partial charge in [-0.05, 0) is 6.42 Å². The quantitative estimate of drug-likeness (QED) is 0.594. The number of rotatable bonds is 6. The maximum Gasteiger partial charge on any atom is 0.239 e. The van der Waals surface area contributed by atoms with E-state index in [1.807, 2.05) is 0 Å². The highest BCUT2D eigenvalue weighted by atomic mass is 16.5. The zero-order chi connectivity index (χ0) is 12.7. The Morgan fingerprint density at radius 2 is 2.06 bits per heavy atom. The van der Waals surface area contributed by atoms with Crippen molar-refractivity contribution in [3.05, 3.63) is 0 Å². The number of ether oxygens (including phenoxy) is 1. The molecule has 0 aromatic rings. The molecule has 1 fully saturated rings. The SMILES string of the molecule is COCCC(N)C(=O)N1CCN(CCO)CC1. The Hall–Kier alpha value is -0.690. The summed E-state index contributed by atoms with van der Waals surface area (Å²) in [5, 5.41) is 8.82. The van der Waals surface area contributed by atoms with Gasteiger partial charge in [0.1, 0.15) is 0 Å². The second kappa shape index (κ2) is 7.60. The maximum absolute atomic E-state index is 11.9. The molecular formula is C11H23N3O3. The van der Waals surface area contributed by atoms with Gasteiger partial charge >= 0.3 is 0 Å². The fourth-order valence-electron chi connectivity index (χ4n) is 1.94. The lowest BCUT2D eigenvalue weighted by molar-refractivity contribution is -0.134. The van der Waals surface area contributed by atoms with E-state index < -0.39 is 6.04 Å². The second-order valence-corrected chi connectivity index (χ2v) is 4.28. The summed E-state index contributed by atoms with van der Waals surface area (Å²) in [7, 11) is 1.60. The Labute approximate surface area is 102 Å². The number of hydrogen-bond donors (Lipinski definition) is 2. The van der Waals surface area contributed by atoms with Crippen LogP contribution in [-0.2, 0) is 9.53 Å². The number of aliphatic hydroxyl groups excluding tert-OH is 1. The van der Waals surface area contributed by atoms with Gasteiger partial charge in [0, 0.05) is 46.4 Å². The molecule has 1 atom stereocenters. The molecule has 1 amide bonds. The highest BCUT2D eigenvalue weighted by Gasteiger charge is 2.24. The summed E-state index contributed by atoms with van der Waals surface area (Å²) in [5.41, 5.74) is 5.80. The van der Waals surface area contributed by atoms with Crippen LogP contribution in [0.1, 0.15) is 6.42 Å². The van der Waals surface area contributed by atoms with Crippen molar-refractivity contribution in [2.45, 2.75) is 12.5 Å². The minimum absolute atomic E-state index is 0.00528. The van der Waals surface area contributed by atoms with Gasteiger partial charge in [-0.2, -0.15) is 0 Å². The summed E-state index contributed by atoms with van der Waals surface area (Å²) in [6.45, 7) is 4.36. The molecule has 0 bridgehead atoms. The van der Waals surface area contributed by atoms with Gasteiger partial charge in [-0.15, -0.1) is 0 Å². The number of carbonyl (C=O) groups is 1. The van der Waals surface area contributed by atoms with E-state index in [9.17, 15) is 4.79 Å². The lowest BCUT2D eigenvalue weighted by Gasteiger charge is -2.35. The van der Waals surface area contributed by atoms with Gasteiger partial charge in [-0.25, -0.2) is 0 Å². The summed E-state index contributed by atoms with van der Waals surface area (Å²) >= 11 is 0. The number of nitrogens with zero attached hydrogens (tertiary/aromatic N) is 2. The average Bonchev–Trinajstić information content (AvgIpc) is 2.36. The van der Waals surface area contributed by atoms with Crippen molar-refractivity contribution in [2.75, 3.05) is 53.0 Å². The zero-order valence-corrected chi connectivity index (χ0v) is 10.5. The standard InChI is InChI=1S/C11H23N3O3/c1-17-9-2-10(12)11(16)14-5-3-13(4-6-14)7-8-15/h10,15H,2-9,12H2,1H3. The molecule has 1 aliphatic rings. The molecule has 0 aliphatic carbocycles. The monoisotopic (exact) mass is 245 g/mol. The highest BCUT2D eigenvalue weighted by molar-refractivity contribution is 5.81. The Balaban J connectivity index is 2.30. The third-order valence-electron chi connectivity index (χ3n) is 3.05. The molecule has 6 heteroatoms. The summed E-state index contributed by atoms with van der Waals surface area (Å²) in [4.78, 5) is 15.9. The van der Waals surface area contributed by atoms with Crippen LogP contribution in [0, 0.1) is 0 Å². The molecule has 6 nitrogen and oxygen atoms in total. The van der Waals surface area contributed by atoms with E-state index >= 15 is 0 Å². The number of piperazine rings is 1. The van der Waals surface area contributed by atoms with Crippen LogP contribution < -0.4 is 5.73 Å². The van der Waals surface area contributed by atoms with Crippen LogP contribution in [-0.4, -0.2) is 79.9 Å². The number of nitrogens with two attached hydrogens (primary N) is 1. The predicted molar refractivity (Wildman–Crippen MR) is 64.6 cm³/mol. The second-order valence-electron chi connectivity index (χ2n) is 4.28. The number of carbonyl (C=O) groups excluding carboxylic acids is 1. The van der Waals surface area contributed by atoms with E-state index in [1.54, 1.807) is 12.0 Å². The molecular weight excluding hydrogens is 222 g/mol. The van der Waals surface area contributed by atoms with Crippen LogP contribution in [0.15, 0.2) is 0 Å². The first-order valence-electron chi connectivity index (χ1n) is 6.05. The van der Waals surface area contributed by atoms with Crippen LogP contribution in [0.25, 0.3) is 0 Å². The molecule has 0 saturated carbocycles. The van der Waals surface area contributed by atoms with Crippen LogP contribution in [0.4, 0.5) is 0 Å². The molecule has 100 valence electrons. The van der Waals surface area contributed by atoms with Crippen molar-refractivity contribution in [1.82, 2.24) is 9.80 Å². The van der Waals surface area contributed by atoms with Crippen molar-refractivity contribution in [3.63, 3.8) is 0 Å². The number of aliphatic hydroxyl groups is 1. The van der Waals surface area contributed by atoms with E-state index in [0.717, 1.165) is 13.1 Å². The van der Waals surface area contributed by atoms with Crippen LogP contribution in [0.5, 0.6) is 0 Å². The lowest BCUT2D eigenvalue weighted by atomic mass is 10.2. The molecule has 1 heterocycles. The lowest BCUT2D eigenvalue weighted by Crippen LogP contribution is -2.53. The van der Waals surface area contributed by atoms with Crippen molar-refractivity contribution in [3.8, 4) is 0 Å². The van der Waals surface area contributed by atoms with Gasteiger partial charge < -0.3 is 20.5 Å². The van der Waals surface area contributed by atoms with Gasteiger partial charge in [0.05, 0.1) is 12.6 Å². The third-order valence-corrected chi connectivity index (χ3v) is 3.05. The summed E-state index contributed by atoms with van der Waals surface area (Å²) in [6, 6.07) is -0.459. The Bertz CT molecular complexity index is 230. The third kappa shape index (κ3) is 4.59. The Morgan fingerprint density at radius 1 is 1.41 bits per heavy atom. The maximum atomic E-state index is 11.9. The first kappa shape index (κ1) is 14.4. The van der Waals surface area contributed by atoms with Gasteiger partial charge in [-0.3, -0.25) is 9.69 Å². The summed E-state index contributed by atoms with van der Waals surface area (Å²) in [5.74, 6) is 0.00528. The molecule has 0 aromatic carbocycles. The van der Waals surface area contributed by atoms with Crippen molar-refractivity contribution in [1.29, 1.82) is 0 Å². The van der Waals surface area contributed by atoms with Crippen molar-refractivity contribution < 1.29 is 14.6 Å². The van der Waals surface area contributed by atoms with Crippen molar-refractivity contribution >= 4 is 5.91 Å². The predicted octanol–water partition coefficient (Wildman–Crippen LogP) is -1.51. The molecule has 1 saturated heterocycles. The number of β-amino-alcohol motifs (C(OH)–C–C–N with tert-alkyl or cyclic N) is 1. The van der Waals surface area contributed by atoms with Crippen LogP contribution in [0.3, 0.4) is 0 Å². The molecule has 0 radical (unpaired) electrons. The first-order chi connectivity index (χ1) is 8.19. The fraction of sp³-hybridized carbons (Fsp3) is 0.909. The largest absolute Gasteiger partial charge is 0.395 e. The number of amides is 1. The molecule has 1 unspecified atom stereocenters. The number of hydrogen-bond acceptors (Lipinski definition) is 5. The molecule has 1 rings (SSSR count). The normalized spacial score (nSPS) is 19.4. The van der Waals surface area contributed by atoms with E-state index in [0.29, 0.717) is 32.7 Å². The van der Waals surface area contributed by atoms with Gasteiger partial charge in [0.25, 0.3) is 0 Å². The Kier molecular flexibility index (Phi) is 6.43. The molecule has 0 aromatic heterocycles. The van der Waals surface area contributed by atoms with E-state index in [2.05, 4.69) is 4.90 Å². The van der Waals surface area contributed by atoms with Gasteiger partial charge in [-0.1, -0.05) is 0 Å². The van der Waals surface area contributed by atoms with Crippen LogP contribution >= 0.6 is 0 Å². The minimum atomic E-state index is -0.459. The van der Waals surface area contributed by atoms with Gasteiger partial charge in [0.2, 0.25) is 5.91 Å². The number of methoxy groups -OCH3 is 1. The van der Waals surface area contributed by atoms with E-state index in [4.69, 9.17) is 15.6 Å². The highest BCUT2D eigenvalue weighted by Crippen LogP contribution is 2.04. The first-order valence-corrected chi connectivity index (χ1v) is 6.05. The van der Waals surface area contributed by atoms with E-state index in [-0.39, 0.29) is 12.5 Å². The average molecular weight is 245 g/mol. The zero-order valence-electron chi connectivity index (χ0n) is 10.5. The fourth-order valence-corrected chi connectivity index (χ4v) is 1.94. The minimum Gasteiger partial charge on any atom is -0.395 e. The molecule has 0 spiro atoms. The summed E-state index contributed by atoms with van der Waals surface area (Å²) in [6.07, 6.45) is 0.562. The molecule has 3 N–H and O–H groups in total.